The van der Waals surface area contributed by atoms with Crippen LogP contribution in [0.3, 0.4) is 0 Å². The Morgan fingerprint density at radius 1 is 0.892 bits per heavy atom. The number of benzene rings is 3. The number of aliphatic hydroxyl groups is 1. The molecule has 1 aliphatic rings. The summed E-state index contributed by atoms with van der Waals surface area (Å²) in [7, 11) is 4.54. The molecule has 2 heterocycles. The van der Waals surface area contributed by atoms with E-state index in [9.17, 15) is 14.7 Å². The number of ketones is 1. The Bertz CT molecular complexity index is 1520. The maximum absolute atomic E-state index is 13.8. The summed E-state index contributed by atoms with van der Waals surface area (Å²) >= 11 is 0. The van der Waals surface area contributed by atoms with E-state index >= 15 is 0 Å². The van der Waals surface area contributed by atoms with Crippen LogP contribution in [0.5, 0.6) is 17.2 Å². The van der Waals surface area contributed by atoms with Gasteiger partial charge in [0.1, 0.15) is 0 Å². The Morgan fingerprint density at radius 3 is 2.32 bits per heavy atom. The number of rotatable bonds is 8. The average Bonchev–Trinajstić information content (AvgIpc) is 3.48. The van der Waals surface area contributed by atoms with Gasteiger partial charge >= 0.3 is 0 Å². The Balaban J connectivity index is 1.63. The largest absolute Gasteiger partial charge is 0.503 e. The summed E-state index contributed by atoms with van der Waals surface area (Å²) < 4.78 is 22.0. The molecule has 1 aliphatic heterocycles. The first-order chi connectivity index (χ1) is 18.0. The van der Waals surface area contributed by atoms with Crippen molar-refractivity contribution in [3.63, 3.8) is 0 Å². The first-order valence-electron chi connectivity index (χ1n) is 11.6. The molecule has 0 saturated carbocycles. The number of carbonyl (C=O) groups is 2. The minimum absolute atomic E-state index is 0.0131. The summed E-state index contributed by atoms with van der Waals surface area (Å²) in [5, 5.41) is 11.7. The molecule has 1 N–H and O–H groups in total. The van der Waals surface area contributed by atoms with E-state index in [-0.39, 0.29) is 17.9 Å². The fourth-order valence-corrected chi connectivity index (χ4v) is 4.64. The number of fused-ring (bicyclic) bond motifs is 1. The fraction of sp³-hybridized carbons (Fsp3) is 0.172. The van der Waals surface area contributed by atoms with Crippen LogP contribution in [0.4, 0.5) is 0 Å². The molecule has 1 amide bonds. The summed E-state index contributed by atoms with van der Waals surface area (Å²) in [4.78, 5) is 28.7. The van der Waals surface area contributed by atoms with Gasteiger partial charge in [0.05, 0.1) is 32.9 Å². The van der Waals surface area contributed by atoms with E-state index in [0.717, 1.165) is 5.56 Å². The van der Waals surface area contributed by atoms with Gasteiger partial charge in [-0.1, -0.05) is 48.5 Å². The van der Waals surface area contributed by atoms with Gasteiger partial charge < -0.3 is 28.6 Å². The highest BCUT2D eigenvalue weighted by atomic mass is 16.5. The summed E-state index contributed by atoms with van der Waals surface area (Å²) in [6, 6.07) is 20.5. The van der Waals surface area contributed by atoms with E-state index in [0.29, 0.717) is 33.8 Å². The molecule has 8 nitrogen and oxygen atoms in total. The maximum Gasteiger partial charge on any atom is 0.290 e. The molecule has 0 fully saturated rings. The van der Waals surface area contributed by atoms with E-state index in [1.54, 1.807) is 42.5 Å². The molecular weight excluding hydrogens is 474 g/mol. The zero-order valence-electron chi connectivity index (χ0n) is 20.6. The van der Waals surface area contributed by atoms with Crippen molar-refractivity contribution in [1.29, 1.82) is 0 Å². The molecule has 188 valence electrons. The van der Waals surface area contributed by atoms with Crippen molar-refractivity contribution >= 4 is 22.7 Å². The van der Waals surface area contributed by atoms with Crippen molar-refractivity contribution in [2.24, 2.45) is 0 Å². The Labute approximate surface area is 213 Å². The van der Waals surface area contributed by atoms with Crippen LogP contribution in [0.2, 0.25) is 0 Å². The molecule has 1 unspecified atom stereocenters. The van der Waals surface area contributed by atoms with Crippen LogP contribution < -0.4 is 14.2 Å². The summed E-state index contributed by atoms with van der Waals surface area (Å²) in [5.41, 5.74) is 1.74. The Kier molecular flexibility index (Phi) is 6.31. The smallest absolute Gasteiger partial charge is 0.290 e. The van der Waals surface area contributed by atoms with E-state index in [4.69, 9.17) is 18.6 Å². The number of methoxy groups -OCH3 is 3. The van der Waals surface area contributed by atoms with Gasteiger partial charge in [0.25, 0.3) is 5.91 Å². The van der Waals surface area contributed by atoms with Crippen molar-refractivity contribution in [2.45, 2.75) is 12.6 Å². The normalized spacial score (nSPS) is 15.4. The van der Waals surface area contributed by atoms with Crippen LogP contribution in [0.25, 0.3) is 11.0 Å². The highest BCUT2D eigenvalue weighted by Gasteiger charge is 2.45. The topological polar surface area (TPSA) is 98.4 Å². The number of Topliss-reactive ketones (excluding diaryl/α,β-unsaturated/α-hetero) is 1. The summed E-state index contributed by atoms with van der Waals surface area (Å²) in [5.74, 6) is -0.483. The van der Waals surface area contributed by atoms with E-state index in [2.05, 4.69) is 0 Å². The lowest BCUT2D eigenvalue weighted by Gasteiger charge is -2.27. The first kappa shape index (κ1) is 24.0. The quantitative estimate of drug-likeness (QED) is 0.331. The average molecular weight is 500 g/mol. The molecule has 3 aromatic carbocycles. The summed E-state index contributed by atoms with van der Waals surface area (Å²) in [6.07, 6.45) is 0. The number of hydrogen-bond donors (Lipinski definition) is 1. The maximum atomic E-state index is 13.8. The molecule has 0 saturated heterocycles. The van der Waals surface area contributed by atoms with Crippen LogP contribution in [0.1, 0.15) is 27.7 Å². The molecule has 8 heteroatoms. The second-order valence-electron chi connectivity index (χ2n) is 8.52. The van der Waals surface area contributed by atoms with Crippen molar-refractivity contribution in [2.75, 3.05) is 21.3 Å². The van der Waals surface area contributed by atoms with Crippen molar-refractivity contribution < 1.29 is 33.3 Å². The van der Waals surface area contributed by atoms with Gasteiger partial charge in [0.2, 0.25) is 5.78 Å². The van der Waals surface area contributed by atoms with Crippen LogP contribution in [0, 0.1) is 0 Å². The monoisotopic (exact) mass is 499 g/mol. The lowest BCUT2D eigenvalue weighted by Crippen LogP contribution is -2.30. The van der Waals surface area contributed by atoms with Crippen molar-refractivity contribution in [1.82, 2.24) is 4.90 Å². The number of amides is 1. The van der Waals surface area contributed by atoms with Gasteiger partial charge in [0, 0.05) is 11.9 Å². The number of hydrogen-bond acceptors (Lipinski definition) is 7. The van der Waals surface area contributed by atoms with Crippen molar-refractivity contribution in [3.8, 4) is 17.2 Å². The van der Waals surface area contributed by atoms with Gasteiger partial charge in [-0.3, -0.25) is 9.59 Å². The zero-order valence-corrected chi connectivity index (χ0v) is 20.6. The van der Waals surface area contributed by atoms with Crippen LogP contribution >= 0.6 is 0 Å². The number of para-hydroxylation sites is 1. The van der Waals surface area contributed by atoms with Gasteiger partial charge in [-0.25, -0.2) is 0 Å². The lowest BCUT2D eigenvalue weighted by molar-refractivity contribution is -0.130. The lowest BCUT2D eigenvalue weighted by atomic mass is 9.94. The van der Waals surface area contributed by atoms with Crippen LogP contribution in [-0.4, -0.2) is 43.0 Å². The molecule has 0 radical (unpaired) electrons. The molecule has 4 aromatic rings. The molecule has 0 bridgehead atoms. The van der Waals surface area contributed by atoms with Gasteiger partial charge in [-0.05, 0) is 35.4 Å². The number of furan rings is 1. The number of ether oxygens (including phenoxy) is 3. The molecule has 0 aliphatic carbocycles. The third-order valence-corrected chi connectivity index (χ3v) is 6.42. The van der Waals surface area contributed by atoms with Gasteiger partial charge in [-0.15, -0.1) is 0 Å². The minimum atomic E-state index is -0.893. The molecule has 1 atom stereocenters. The third kappa shape index (κ3) is 4.16. The first-order valence-corrected chi connectivity index (χ1v) is 11.6. The third-order valence-electron chi connectivity index (χ3n) is 6.42. The highest BCUT2D eigenvalue weighted by Crippen LogP contribution is 2.43. The van der Waals surface area contributed by atoms with Crippen LogP contribution in [0.15, 0.2) is 88.5 Å². The molecule has 37 heavy (non-hydrogen) atoms. The number of nitrogens with zero attached hydrogens (tertiary/aromatic N) is 1. The van der Waals surface area contributed by atoms with E-state index < -0.39 is 23.5 Å². The SMILES string of the molecule is COc1ccc(C2C(C(=O)c3cc4cccc(OC)c4o3)=C(O)C(=O)N2Cc2ccccc2)cc1OC. The predicted octanol–water partition coefficient (Wildman–Crippen LogP) is 5.24. The second-order valence-corrected chi connectivity index (χ2v) is 8.52. The summed E-state index contributed by atoms with van der Waals surface area (Å²) in [6.45, 7) is 0.174. The number of carbonyl (C=O) groups excluding carboxylic acids is 2. The minimum Gasteiger partial charge on any atom is -0.503 e. The van der Waals surface area contributed by atoms with Crippen molar-refractivity contribution in [3.05, 3.63) is 101 Å². The highest BCUT2D eigenvalue weighted by molar-refractivity contribution is 6.16. The fourth-order valence-electron chi connectivity index (χ4n) is 4.64. The predicted molar refractivity (Wildman–Crippen MR) is 136 cm³/mol. The molecule has 5 rings (SSSR count). The molecule has 1 aromatic heterocycles. The Hall–Kier alpha value is -4.72. The van der Waals surface area contributed by atoms with E-state index in [1.807, 2.05) is 30.3 Å². The molecular formula is C29H25NO7. The molecule has 0 spiro atoms. The standard InChI is InChI=1S/C29H25NO7/c1-34-20-13-12-18(14-22(20)36-3)25-24(27(32)29(33)30(25)16-17-8-5-4-6-9-17)26(31)23-15-19-10-7-11-21(35-2)28(19)37-23/h4-15,25,32H,16H2,1-3H3. The van der Waals surface area contributed by atoms with Gasteiger partial charge in [0.15, 0.2) is 34.4 Å². The Morgan fingerprint density at radius 2 is 1.62 bits per heavy atom. The van der Waals surface area contributed by atoms with Crippen LogP contribution in [-0.2, 0) is 11.3 Å². The van der Waals surface area contributed by atoms with E-state index in [1.165, 1.54) is 26.2 Å². The van der Waals surface area contributed by atoms with Gasteiger partial charge in [-0.2, -0.15) is 0 Å². The second kappa shape index (κ2) is 9.73. The number of aliphatic hydroxyl groups excluding tert-OH is 1. The zero-order chi connectivity index (χ0) is 26.1.